The fourth-order valence-corrected chi connectivity index (χ4v) is 6.45. The number of pyridine rings is 1. The van der Waals surface area contributed by atoms with Gasteiger partial charge in [-0.25, -0.2) is 27.5 Å². The SMILES string of the molecule is CN[B]C(=N)c1c(Cl)ccc(-n2c([C@@H](C)Cc3cc(F)cc(F)c3)nc3nc(C4CCC(F)(F)CC4)cc(C)c3c2=O)c1C. The van der Waals surface area contributed by atoms with E-state index in [0.717, 1.165) is 6.07 Å². The number of halogens is 5. The Balaban J connectivity index is 1.73. The molecule has 0 spiro atoms. The van der Waals surface area contributed by atoms with Crippen LogP contribution in [0.25, 0.3) is 16.7 Å². The van der Waals surface area contributed by atoms with Crippen molar-refractivity contribution in [1.29, 1.82) is 5.41 Å². The Morgan fingerprint density at radius 1 is 1.14 bits per heavy atom. The minimum absolute atomic E-state index is 0.115. The summed E-state index contributed by atoms with van der Waals surface area (Å²) in [6.45, 7) is 5.33. The predicted molar refractivity (Wildman–Crippen MR) is 166 cm³/mol. The summed E-state index contributed by atoms with van der Waals surface area (Å²) in [7, 11) is 3.15. The molecule has 5 rings (SSSR count). The molecule has 1 radical (unpaired) electrons. The molecule has 0 saturated heterocycles. The summed E-state index contributed by atoms with van der Waals surface area (Å²) in [5, 5.41) is 12.0. The molecule has 1 aliphatic carbocycles. The van der Waals surface area contributed by atoms with Gasteiger partial charge in [0.15, 0.2) is 5.65 Å². The van der Waals surface area contributed by atoms with Crippen LogP contribution in [-0.4, -0.2) is 40.5 Å². The molecule has 1 aliphatic rings. The Hall–Kier alpha value is -3.57. The predicted octanol–water partition coefficient (Wildman–Crippen LogP) is 7.13. The Morgan fingerprint density at radius 2 is 1.80 bits per heavy atom. The highest BCUT2D eigenvalue weighted by molar-refractivity contribution is 6.77. The minimum atomic E-state index is -2.69. The van der Waals surface area contributed by atoms with Crippen LogP contribution < -0.4 is 10.8 Å². The third-order valence-electron chi connectivity index (χ3n) is 8.31. The van der Waals surface area contributed by atoms with E-state index < -0.39 is 29.0 Å². The molecular formula is C32H32BClF4N5O. The number of hydrogen-bond donors (Lipinski definition) is 2. The largest absolute Gasteiger partial charge is 0.357 e. The Kier molecular flexibility index (Phi) is 9.00. The maximum absolute atomic E-state index is 14.4. The van der Waals surface area contributed by atoms with E-state index in [1.165, 1.54) is 24.1 Å². The molecule has 0 bridgehead atoms. The van der Waals surface area contributed by atoms with E-state index in [2.05, 4.69) is 5.23 Å². The highest BCUT2D eigenvalue weighted by atomic mass is 35.5. The van der Waals surface area contributed by atoms with Crippen LogP contribution in [0.15, 0.2) is 41.2 Å². The van der Waals surface area contributed by atoms with Crippen LogP contribution in [-0.2, 0) is 6.42 Å². The summed E-state index contributed by atoms with van der Waals surface area (Å²) in [6, 6.07) is 8.34. The molecule has 4 aromatic rings. The highest BCUT2D eigenvalue weighted by Crippen LogP contribution is 2.41. The van der Waals surface area contributed by atoms with Gasteiger partial charge in [0.05, 0.1) is 11.1 Å². The van der Waals surface area contributed by atoms with Crippen molar-refractivity contribution in [2.75, 3.05) is 7.05 Å². The van der Waals surface area contributed by atoms with Crippen molar-refractivity contribution in [3.8, 4) is 5.69 Å². The van der Waals surface area contributed by atoms with Crippen LogP contribution in [0.1, 0.15) is 78.2 Å². The molecule has 2 heterocycles. The first-order valence-corrected chi connectivity index (χ1v) is 14.8. The molecule has 6 nitrogen and oxygen atoms in total. The average Bonchev–Trinajstić information content (AvgIpc) is 2.93. The maximum atomic E-state index is 14.4. The molecule has 1 saturated carbocycles. The number of hydrogen-bond acceptors (Lipinski definition) is 5. The first-order chi connectivity index (χ1) is 20.8. The molecule has 12 heteroatoms. The molecule has 1 atom stereocenters. The highest BCUT2D eigenvalue weighted by Gasteiger charge is 2.36. The van der Waals surface area contributed by atoms with Gasteiger partial charge in [0.25, 0.3) is 13.0 Å². The van der Waals surface area contributed by atoms with Crippen LogP contribution in [0.5, 0.6) is 0 Å². The van der Waals surface area contributed by atoms with Crippen LogP contribution in [0.3, 0.4) is 0 Å². The summed E-state index contributed by atoms with van der Waals surface area (Å²) < 4.78 is 57.4. The van der Waals surface area contributed by atoms with E-state index in [1.54, 1.807) is 46.0 Å². The third-order valence-corrected chi connectivity index (χ3v) is 8.62. The molecule has 0 amide bonds. The smallest absolute Gasteiger partial charge is 0.270 e. The standard InChI is InChI=1S/C32H32BClF4N5O/c1-16-12-24(20-7-9-32(37,38)10-8-20)41-29-26(16)31(44)43(25-6-5-23(34)27(18(25)3)28(39)33-40-4)30(42-29)17(2)11-19-13-21(35)15-22(36)14-19/h5-6,12-15,17,20,39-40H,7-11H2,1-4H3/t17-/m0/s1. The molecular weight excluding hydrogens is 593 g/mol. The molecule has 2 aromatic heterocycles. The van der Waals surface area contributed by atoms with Crippen molar-refractivity contribution >= 4 is 35.7 Å². The van der Waals surface area contributed by atoms with Gasteiger partial charge in [0, 0.05) is 52.6 Å². The van der Waals surface area contributed by atoms with Gasteiger partial charge in [-0.15, -0.1) is 0 Å². The van der Waals surface area contributed by atoms with Crippen molar-refractivity contribution in [2.45, 2.75) is 70.6 Å². The minimum Gasteiger partial charge on any atom is -0.357 e. The third kappa shape index (κ3) is 6.30. The van der Waals surface area contributed by atoms with Crippen molar-refractivity contribution in [3.05, 3.63) is 97.2 Å². The second-order valence-corrected chi connectivity index (χ2v) is 12.0. The molecule has 229 valence electrons. The molecule has 0 aliphatic heterocycles. The first kappa shape index (κ1) is 31.8. The average molecular weight is 625 g/mol. The van der Waals surface area contributed by atoms with E-state index in [1.807, 2.05) is 0 Å². The van der Waals surface area contributed by atoms with E-state index in [9.17, 15) is 22.4 Å². The van der Waals surface area contributed by atoms with Gasteiger partial charge in [-0.1, -0.05) is 18.5 Å². The fraction of sp³-hybridized carbons (Fsp3) is 0.375. The first-order valence-electron chi connectivity index (χ1n) is 14.5. The van der Waals surface area contributed by atoms with Crippen molar-refractivity contribution in [1.82, 2.24) is 19.8 Å². The van der Waals surface area contributed by atoms with Crippen LogP contribution in [0.2, 0.25) is 5.02 Å². The second kappa shape index (κ2) is 12.4. The zero-order valence-corrected chi connectivity index (χ0v) is 25.6. The Labute approximate surface area is 258 Å². The lowest BCUT2D eigenvalue weighted by molar-refractivity contribution is -0.0384. The van der Waals surface area contributed by atoms with Gasteiger partial charge >= 0.3 is 0 Å². The van der Waals surface area contributed by atoms with Crippen LogP contribution >= 0.6 is 11.6 Å². The summed E-state index contributed by atoms with van der Waals surface area (Å²) in [5.74, 6) is -4.53. The number of benzene rings is 2. The van der Waals surface area contributed by atoms with Gasteiger partial charge in [0.1, 0.15) is 17.5 Å². The van der Waals surface area contributed by atoms with E-state index in [0.29, 0.717) is 44.5 Å². The number of aromatic nitrogens is 3. The van der Waals surface area contributed by atoms with E-state index in [-0.39, 0.29) is 54.7 Å². The van der Waals surface area contributed by atoms with E-state index >= 15 is 0 Å². The Morgan fingerprint density at radius 3 is 2.43 bits per heavy atom. The number of aryl methyl sites for hydroxylation is 1. The van der Waals surface area contributed by atoms with Crippen molar-refractivity contribution < 1.29 is 17.6 Å². The molecule has 44 heavy (non-hydrogen) atoms. The van der Waals surface area contributed by atoms with Gasteiger partial charge in [-0.05, 0) is 87.2 Å². The summed E-state index contributed by atoms with van der Waals surface area (Å²) in [6.07, 6.45) is 0.259. The van der Waals surface area contributed by atoms with Gasteiger partial charge in [-0.3, -0.25) is 9.36 Å². The maximum Gasteiger partial charge on any atom is 0.270 e. The number of alkyl halides is 2. The van der Waals surface area contributed by atoms with Gasteiger partial charge in [0.2, 0.25) is 5.92 Å². The number of nitrogens with zero attached hydrogens (tertiary/aromatic N) is 3. The van der Waals surface area contributed by atoms with Gasteiger partial charge < -0.3 is 10.6 Å². The summed E-state index contributed by atoms with van der Waals surface area (Å²) in [5.41, 5.74) is 2.94. The molecule has 2 aromatic carbocycles. The van der Waals surface area contributed by atoms with Crippen molar-refractivity contribution in [2.24, 2.45) is 0 Å². The topological polar surface area (TPSA) is 83.7 Å². The lowest BCUT2D eigenvalue weighted by Gasteiger charge is -2.28. The van der Waals surface area contributed by atoms with Gasteiger partial charge in [-0.2, -0.15) is 0 Å². The van der Waals surface area contributed by atoms with Crippen molar-refractivity contribution in [3.63, 3.8) is 0 Å². The van der Waals surface area contributed by atoms with Crippen LogP contribution in [0, 0.1) is 30.9 Å². The number of nitrogens with one attached hydrogen (secondary N) is 2. The monoisotopic (exact) mass is 624 g/mol. The van der Waals surface area contributed by atoms with E-state index in [4.69, 9.17) is 27.0 Å². The molecule has 2 N–H and O–H groups in total. The lowest BCUT2D eigenvalue weighted by Crippen LogP contribution is -2.29. The zero-order chi connectivity index (χ0) is 31.9. The number of fused-ring (bicyclic) bond motifs is 1. The molecule has 0 unspecified atom stereocenters. The normalized spacial score (nSPS) is 15.8. The fourth-order valence-electron chi connectivity index (χ4n) is 6.14. The summed E-state index contributed by atoms with van der Waals surface area (Å²) in [4.78, 5) is 24.0. The Bertz CT molecular complexity index is 1800. The lowest BCUT2D eigenvalue weighted by atomic mass is 9.80. The summed E-state index contributed by atoms with van der Waals surface area (Å²) >= 11 is 6.51. The van der Waals surface area contributed by atoms with Crippen LogP contribution in [0.4, 0.5) is 17.6 Å². The molecule has 1 fully saturated rings. The second-order valence-electron chi connectivity index (χ2n) is 11.6. The number of rotatable bonds is 8. The zero-order valence-electron chi connectivity index (χ0n) is 24.9. The quantitative estimate of drug-likeness (QED) is 0.124.